The largest absolute Gasteiger partial charge is 1.00 e. The molecule has 1 aliphatic rings. The third-order valence-corrected chi connectivity index (χ3v) is 26.0. The first-order chi connectivity index (χ1) is 67.3. The molecule has 16 nitrogen and oxygen atoms in total. The van der Waals surface area contributed by atoms with Gasteiger partial charge in [-0.2, -0.15) is 0 Å². The molecular weight excluding hydrogens is 1800 g/mol. The normalized spacial score (nSPS) is 11.1. The van der Waals surface area contributed by atoms with Crippen LogP contribution in [0.4, 0.5) is 0 Å². The second kappa shape index (κ2) is 154. The maximum atomic E-state index is 11.3. The van der Waals surface area contributed by atoms with Crippen LogP contribution in [0.15, 0.2) is 0 Å². The number of esters is 2. The zero-order valence-corrected chi connectivity index (χ0v) is 95.3. The first-order valence-corrected chi connectivity index (χ1v) is 60.8. The summed E-state index contributed by atoms with van der Waals surface area (Å²) in [6.07, 6.45) is 128. The Bertz CT molecular complexity index is 2260. The van der Waals surface area contributed by atoms with Crippen molar-refractivity contribution in [3.05, 3.63) is 0 Å². The molecule has 1 aliphatic heterocycles. The number of carbonyl (C=O) groups is 5. The molecule has 2 amide bonds. The summed E-state index contributed by atoms with van der Waals surface area (Å²) in [7, 11) is 0. The predicted octanol–water partition coefficient (Wildman–Crippen LogP) is 30.0. The minimum absolute atomic E-state index is 0. The molecule has 139 heavy (non-hydrogen) atoms. The maximum absolute atomic E-state index is 11.3. The van der Waals surface area contributed by atoms with Gasteiger partial charge in [0.15, 0.2) is 17.4 Å². The van der Waals surface area contributed by atoms with Gasteiger partial charge in [-0.05, 0) is 111 Å². The topological polar surface area (TPSA) is 250 Å². The molecule has 1 saturated heterocycles. The zero-order valence-electron chi connectivity index (χ0n) is 94.7. The van der Waals surface area contributed by atoms with Crippen LogP contribution in [-0.2, 0) is 33.4 Å². The Hall–Kier alpha value is -2.00. The quantitative estimate of drug-likeness (QED) is 0.00705. The van der Waals surface area contributed by atoms with Gasteiger partial charge in [0.05, 0.1) is 31.1 Å². The third-order valence-electron chi connectivity index (χ3n) is 25.6. The van der Waals surface area contributed by atoms with E-state index in [4.69, 9.17) is 43.7 Å². The smallest absolute Gasteiger partial charge is 1.00 e. The van der Waals surface area contributed by atoms with Crippen LogP contribution in [0.2, 0.25) is 0 Å². The number of terminal acetylenes is 2. The molecule has 0 aromatic heterocycles. The van der Waals surface area contributed by atoms with Crippen molar-refractivity contribution in [1.29, 1.82) is 0 Å². The van der Waals surface area contributed by atoms with Crippen molar-refractivity contribution in [3.8, 4) is 24.7 Å². The van der Waals surface area contributed by atoms with Crippen molar-refractivity contribution >= 4 is 63.0 Å². The zero-order chi connectivity index (χ0) is 102. The first kappa shape index (κ1) is 155. The number of hydrogen-bond donors (Lipinski definition) is 8. The number of aliphatic hydroxyl groups is 3. The number of nitrogens with two attached hydrogens (primary N) is 1. The van der Waals surface area contributed by atoms with Crippen molar-refractivity contribution in [2.75, 3.05) is 90.7 Å². The van der Waals surface area contributed by atoms with Gasteiger partial charge in [-0.3, -0.25) is 28.9 Å². The van der Waals surface area contributed by atoms with Gasteiger partial charge in [-0.15, -0.1) is 12.8 Å². The number of carbonyl (C=O) groups excluding carboxylic acids is 4. The van der Waals surface area contributed by atoms with E-state index in [1.165, 1.54) is 494 Å². The second-order valence-electron chi connectivity index (χ2n) is 39.3. The summed E-state index contributed by atoms with van der Waals surface area (Å²) in [5.74, 6) is 3.33. The van der Waals surface area contributed by atoms with Crippen molar-refractivity contribution in [3.63, 3.8) is 0 Å². The number of unbranched alkanes of at least 4 members (excludes halogenated alkanes) is 77. The van der Waals surface area contributed by atoms with Gasteiger partial charge >= 0.3 is 36.8 Å². The van der Waals surface area contributed by atoms with E-state index in [0.29, 0.717) is 37.9 Å². The summed E-state index contributed by atoms with van der Waals surface area (Å²) in [5, 5.41) is 44.5. The number of carboxylic acid groups (broad SMARTS) is 1. The van der Waals surface area contributed by atoms with Crippen LogP contribution >= 0.6 is 15.9 Å². The van der Waals surface area contributed by atoms with Crippen LogP contribution in [0, 0.1) is 24.7 Å². The van der Waals surface area contributed by atoms with Crippen LogP contribution in [0.3, 0.4) is 0 Å². The molecule has 826 valence electrons. The summed E-state index contributed by atoms with van der Waals surface area (Å²) in [5.41, 5.74) is 5.48. The number of halogens is 1. The number of aliphatic hydroxyl groups excluding tert-OH is 3. The molecule has 0 spiro atoms. The molecule has 9 N–H and O–H groups in total. The fourth-order valence-electron chi connectivity index (χ4n) is 16.8. The van der Waals surface area contributed by atoms with Gasteiger partial charge < -0.3 is 53.0 Å². The molecule has 1 rings (SSSR count). The Balaban J connectivity index is -0.000000180. The predicted molar refractivity (Wildman–Crippen MR) is 613 cm³/mol. The van der Waals surface area contributed by atoms with Crippen molar-refractivity contribution in [1.82, 2.24) is 20.9 Å². The van der Waals surface area contributed by atoms with E-state index in [1.807, 2.05) is 13.8 Å². The number of carboxylic acids is 1. The Kier molecular flexibility index (Phi) is 171. The van der Waals surface area contributed by atoms with E-state index >= 15 is 0 Å². The van der Waals surface area contributed by atoms with Gasteiger partial charge in [0.2, 0.25) is 11.8 Å². The number of alkyl halides is 1. The molecule has 1 fully saturated rings. The Morgan fingerprint density at radius 2 is 0.540 bits per heavy atom. The first-order valence-electron chi connectivity index (χ1n) is 59.7. The molecule has 0 aromatic carbocycles. The van der Waals surface area contributed by atoms with Crippen LogP contribution in [0.1, 0.15) is 628 Å². The Morgan fingerprint density at radius 3 is 0.741 bits per heavy atom. The molecule has 0 aromatic rings. The second-order valence-corrected chi connectivity index (χ2v) is 39.8. The molecule has 0 unspecified atom stereocenters. The van der Waals surface area contributed by atoms with Crippen LogP contribution < -0.4 is 40.5 Å². The summed E-state index contributed by atoms with van der Waals surface area (Å²) in [6, 6.07) is 0. The third kappa shape index (κ3) is 170. The average molecular weight is 2050 g/mol. The van der Waals surface area contributed by atoms with E-state index in [0.717, 1.165) is 104 Å². The summed E-state index contributed by atoms with van der Waals surface area (Å²) in [6.45, 7) is 25.3. The minimum atomic E-state index is -0.914. The maximum Gasteiger partial charge on any atom is 1.00 e. The van der Waals surface area contributed by atoms with Crippen molar-refractivity contribution in [2.45, 2.75) is 626 Å². The molecular formula is C120H244AlBrLiN5O11. The van der Waals surface area contributed by atoms with E-state index in [-0.39, 0.29) is 81.8 Å². The molecule has 0 aliphatic carbocycles. The number of amides is 2. The van der Waals surface area contributed by atoms with Gasteiger partial charge in [0.25, 0.3) is 0 Å². The fraction of sp³-hybridized carbons (Fsp3) is 0.925. The molecule has 0 saturated carbocycles. The van der Waals surface area contributed by atoms with Gasteiger partial charge in [0, 0.05) is 59.0 Å². The van der Waals surface area contributed by atoms with E-state index in [9.17, 15) is 24.0 Å². The monoisotopic (exact) mass is 2040 g/mol. The number of aliphatic carboxylic acids is 1. The van der Waals surface area contributed by atoms with Crippen LogP contribution in [0.5, 0.6) is 0 Å². The number of hydrogen-bond acceptors (Lipinski definition) is 13. The molecule has 19 heteroatoms. The van der Waals surface area contributed by atoms with E-state index in [1.54, 1.807) is 0 Å². The van der Waals surface area contributed by atoms with Crippen molar-refractivity contribution < 1.29 is 74.2 Å². The molecule has 1 heterocycles. The van der Waals surface area contributed by atoms with Gasteiger partial charge in [-0.1, -0.05) is 544 Å². The fourth-order valence-corrected chi connectivity index (χ4v) is 16.8. The van der Waals surface area contributed by atoms with Crippen LogP contribution in [-0.4, -0.2) is 163 Å². The van der Waals surface area contributed by atoms with Crippen LogP contribution in [0.25, 0.3) is 0 Å². The number of ether oxygens (including phenoxy) is 2. The summed E-state index contributed by atoms with van der Waals surface area (Å²) < 4.78 is 8.92. The summed E-state index contributed by atoms with van der Waals surface area (Å²) in [4.78, 5) is 55.4. The minimum Gasteiger partial charge on any atom is -1.00 e. The van der Waals surface area contributed by atoms with Crippen molar-refractivity contribution in [2.24, 2.45) is 5.73 Å². The Morgan fingerprint density at radius 1 is 0.331 bits per heavy atom. The molecule has 0 bridgehead atoms. The van der Waals surface area contributed by atoms with E-state index in [2.05, 4.69) is 88.0 Å². The Labute approximate surface area is 899 Å². The number of nitrogens with zero attached hydrogens (tertiary/aromatic N) is 1. The SMILES string of the molecule is C#CCBr.C#CCN(CCCCO)CCCCCCCCCCCCCCCCCC.CCCCCCCCCCCCCCCCCCN.CCCCCCCCCCCCCCCCCCNC(=O)CCC(=O)O.CCCCCCCCCCCCCCCCCCNC(=O)CCCO.CCCCCCCCCCCCCCCCCCNCCCCO.CCOCC.O=C1CCC(=O)O1.[AlH3].[H-].[Li+]. The number of nitrogens with one attached hydrogen (secondary N) is 3. The summed E-state index contributed by atoms with van der Waals surface area (Å²) >= 11 is 3.01. The standard InChI is InChI=1S/C25H49NO.C22H43NO3.C22H45NO2.C22H47NO.C18H39N.C4H4O3.C4H10O.C3H3Br.Al.Li.4H/c1-3-5-6-7-8-9-10-11-12-13-14-15-16-17-18-19-23-26(22-4-2)24-20-21-25-27;1-2-3-4-5-6-7-8-9-10-11-12-13-14-15-16-17-20-23-21(24)18-19-22(25)26;1-2-3-4-5-6-7-8-9-10-11-12-13-14-15-16-17-20-23-22(25)19-18-21-24;1-2-3-4-5-6-7-8-9-10-11-12-13-14-15-16-17-20-23-21-18-19-22-24;1-2-3-4-5-6-7-8-9-10-11-12-13-14-15-16-17-18-19;5-3-1-2-4(6)7-3;1-3-5-4-2;1-2-3-4;;;;;;/h2,27H,3,5-25H2,1H3;2-20H2,1H3,(H,23,24)(H,25,26);24H,2-21H2,1H3,(H,23,25);23-24H,2-22H2,1H3;2-19H2,1H3;1-2H2;3-4H2,1-2H3;1H,3H2;;;;;;/q;;;;;;;;;+1;;;;-1. The number of rotatable bonds is 101. The molecule has 0 atom stereocenters. The van der Waals surface area contributed by atoms with Gasteiger partial charge in [0.1, 0.15) is 0 Å². The van der Waals surface area contributed by atoms with E-state index < -0.39 is 17.9 Å². The average Bonchev–Trinajstić information content (AvgIpc) is 1.83. The van der Waals surface area contributed by atoms with Gasteiger partial charge in [-0.25, -0.2) is 0 Å². The molecule has 0 radical (unpaired) electrons. The number of cyclic esters (lactones) is 2.